The molecule has 24 heavy (non-hydrogen) atoms. The Morgan fingerprint density at radius 2 is 1.92 bits per heavy atom. The van der Waals surface area contributed by atoms with Crippen LogP contribution in [0.5, 0.6) is 0 Å². The van der Waals surface area contributed by atoms with Gasteiger partial charge in [0.25, 0.3) is 0 Å². The van der Waals surface area contributed by atoms with Crippen molar-refractivity contribution in [3.8, 4) is 0 Å². The van der Waals surface area contributed by atoms with Crippen LogP contribution >= 0.6 is 11.3 Å². The number of hydrogen-bond acceptors (Lipinski definition) is 6. The van der Waals surface area contributed by atoms with Gasteiger partial charge in [-0.1, -0.05) is 32.0 Å². The summed E-state index contributed by atoms with van der Waals surface area (Å²) >= 11 is 1.65. The fourth-order valence-corrected chi connectivity index (χ4v) is 2.80. The molecule has 3 rings (SSSR count). The van der Waals surface area contributed by atoms with Gasteiger partial charge in [0.15, 0.2) is 11.5 Å². The van der Waals surface area contributed by atoms with Gasteiger partial charge in [-0.2, -0.15) is 0 Å². The van der Waals surface area contributed by atoms with Crippen molar-refractivity contribution in [3.63, 3.8) is 0 Å². The Kier molecular flexibility index (Phi) is 5.05. The molecular weight excluding hydrogens is 322 g/mol. The van der Waals surface area contributed by atoms with Gasteiger partial charge in [0, 0.05) is 4.88 Å². The summed E-state index contributed by atoms with van der Waals surface area (Å²) in [6, 6.07) is 11.5. The number of hydrogen-bond donors (Lipinski definition) is 1. The predicted molar refractivity (Wildman–Crippen MR) is 96.3 cm³/mol. The Morgan fingerprint density at radius 3 is 2.58 bits per heavy atom. The smallest absolute Gasteiger partial charge is 0.360 e. The summed E-state index contributed by atoms with van der Waals surface area (Å²) in [5.74, 6) is 0.274. The molecule has 1 N–H and O–H groups in total. The molecule has 0 unspecified atom stereocenters. The molecule has 1 aromatic carbocycles. The number of para-hydroxylation sites is 2. The highest BCUT2D eigenvalue weighted by Gasteiger charge is 2.18. The summed E-state index contributed by atoms with van der Waals surface area (Å²) in [5.41, 5.74) is 1.65. The van der Waals surface area contributed by atoms with Crippen molar-refractivity contribution < 1.29 is 9.53 Å². The summed E-state index contributed by atoms with van der Waals surface area (Å²) in [6.45, 7) is 4.94. The number of esters is 1. The van der Waals surface area contributed by atoms with Crippen molar-refractivity contribution >= 4 is 34.2 Å². The van der Waals surface area contributed by atoms with E-state index in [-0.39, 0.29) is 11.6 Å². The average molecular weight is 341 g/mol. The topological polar surface area (TPSA) is 64.1 Å². The summed E-state index contributed by atoms with van der Waals surface area (Å²) in [7, 11) is 0. The number of benzene rings is 1. The largest absolute Gasteiger partial charge is 0.461 e. The van der Waals surface area contributed by atoms with Gasteiger partial charge < -0.3 is 10.1 Å². The lowest BCUT2D eigenvalue weighted by molar-refractivity contribution is 0.0453. The lowest BCUT2D eigenvalue weighted by Gasteiger charge is -2.12. The number of fused-ring (bicyclic) bond motifs is 1. The van der Waals surface area contributed by atoms with Crippen LogP contribution in [0.15, 0.2) is 41.8 Å². The van der Waals surface area contributed by atoms with Gasteiger partial charge in [-0.25, -0.2) is 14.8 Å². The molecule has 0 spiro atoms. The van der Waals surface area contributed by atoms with E-state index in [2.05, 4.69) is 15.3 Å². The molecule has 0 fully saturated rings. The Bertz CT molecular complexity index is 831. The highest BCUT2D eigenvalue weighted by atomic mass is 32.1. The molecule has 0 amide bonds. The number of carbonyl (C=O) groups excluding carboxylic acids is 1. The Balaban J connectivity index is 1.90. The molecule has 0 aliphatic heterocycles. The fraction of sp³-hybridized carbons (Fsp3) is 0.278. The van der Waals surface area contributed by atoms with Crippen molar-refractivity contribution in [1.82, 2.24) is 9.97 Å². The monoisotopic (exact) mass is 341 g/mol. The summed E-state index contributed by atoms with van der Waals surface area (Å²) in [4.78, 5) is 22.6. The number of ether oxygens (including phenoxy) is 1. The van der Waals surface area contributed by atoms with E-state index in [1.807, 2.05) is 55.6 Å². The van der Waals surface area contributed by atoms with Crippen molar-refractivity contribution in [2.24, 2.45) is 5.92 Å². The molecule has 0 atom stereocenters. The van der Waals surface area contributed by atoms with Gasteiger partial charge in [-0.3, -0.25) is 0 Å². The normalized spacial score (nSPS) is 11.0. The van der Waals surface area contributed by atoms with Crippen LogP contribution in [0.3, 0.4) is 0 Å². The molecule has 6 heteroatoms. The standard InChI is InChI=1S/C18H19N3O2S/c1-12(2)11-23-18(22)16-17(19-10-13-6-5-9-24-13)21-15-8-4-3-7-14(15)20-16/h3-9,12H,10-11H2,1-2H3,(H,19,21). The second kappa shape index (κ2) is 7.40. The first-order valence-electron chi connectivity index (χ1n) is 7.83. The van der Waals surface area contributed by atoms with Crippen LogP contribution in [0.1, 0.15) is 29.2 Å². The van der Waals surface area contributed by atoms with Gasteiger partial charge in [-0.05, 0) is 29.5 Å². The maximum absolute atomic E-state index is 12.4. The molecule has 2 aromatic heterocycles. The zero-order valence-corrected chi connectivity index (χ0v) is 14.5. The molecule has 0 radical (unpaired) electrons. The number of carbonyl (C=O) groups is 1. The second-order valence-corrected chi connectivity index (χ2v) is 6.87. The lowest BCUT2D eigenvalue weighted by atomic mass is 10.2. The number of rotatable bonds is 6. The summed E-state index contributed by atoms with van der Waals surface area (Å²) < 4.78 is 5.34. The number of aromatic nitrogens is 2. The Morgan fingerprint density at radius 1 is 1.17 bits per heavy atom. The minimum Gasteiger partial charge on any atom is -0.461 e. The molecule has 0 saturated heterocycles. The SMILES string of the molecule is CC(C)COC(=O)c1nc2ccccc2nc1NCc1cccs1. The van der Waals surface area contributed by atoms with Crippen LogP contribution in [0.2, 0.25) is 0 Å². The average Bonchev–Trinajstić information content (AvgIpc) is 3.10. The zero-order valence-electron chi connectivity index (χ0n) is 13.7. The highest BCUT2D eigenvalue weighted by Crippen LogP contribution is 2.20. The third kappa shape index (κ3) is 3.89. The van der Waals surface area contributed by atoms with E-state index in [4.69, 9.17) is 4.74 Å². The molecule has 2 heterocycles. The van der Waals surface area contributed by atoms with Crippen LogP contribution in [-0.4, -0.2) is 22.5 Å². The molecule has 0 bridgehead atoms. The van der Waals surface area contributed by atoms with E-state index in [1.54, 1.807) is 11.3 Å². The van der Waals surface area contributed by atoms with Gasteiger partial charge in [0.2, 0.25) is 0 Å². The van der Waals surface area contributed by atoms with E-state index in [0.29, 0.717) is 24.5 Å². The van der Waals surface area contributed by atoms with Gasteiger partial charge in [0.1, 0.15) is 0 Å². The third-order valence-electron chi connectivity index (χ3n) is 3.32. The van der Waals surface area contributed by atoms with E-state index in [9.17, 15) is 4.79 Å². The third-order valence-corrected chi connectivity index (χ3v) is 4.20. The number of nitrogens with zero attached hydrogens (tertiary/aromatic N) is 2. The van der Waals surface area contributed by atoms with Crippen LogP contribution in [-0.2, 0) is 11.3 Å². The maximum atomic E-state index is 12.4. The summed E-state index contributed by atoms with van der Waals surface area (Å²) in [6.07, 6.45) is 0. The van der Waals surface area contributed by atoms with E-state index in [0.717, 1.165) is 10.4 Å². The second-order valence-electron chi connectivity index (χ2n) is 5.83. The van der Waals surface area contributed by atoms with Crippen molar-refractivity contribution in [2.75, 3.05) is 11.9 Å². The molecule has 5 nitrogen and oxygen atoms in total. The minimum absolute atomic E-state index is 0.228. The number of nitrogens with one attached hydrogen (secondary N) is 1. The first-order chi connectivity index (χ1) is 11.6. The predicted octanol–water partition coefficient (Wildman–Crippen LogP) is 4.12. The molecule has 0 aliphatic carbocycles. The maximum Gasteiger partial charge on any atom is 0.360 e. The molecular formula is C18H19N3O2S. The van der Waals surface area contributed by atoms with Crippen LogP contribution in [0.25, 0.3) is 11.0 Å². The van der Waals surface area contributed by atoms with Crippen LogP contribution in [0, 0.1) is 5.92 Å². The quantitative estimate of drug-likeness (QED) is 0.683. The van der Waals surface area contributed by atoms with E-state index >= 15 is 0 Å². The van der Waals surface area contributed by atoms with Crippen LogP contribution < -0.4 is 5.32 Å². The van der Waals surface area contributed by atoms with Gasteiger partial charge >= 0.3 is 5.97 Å². The first-order valence-corrected chi connectivity index (χ1v) is 8.71. The Labute approximate surface area is 144 Å². The number of anilines is 1. The zero-order chi connectivity index (χ0) is 16.9. The van der Waals surface area contributed by atoms with Crippen molar-refractivity contribution in [2.45, 2.75) is 20.4 Å². The lowest BCUT2D eigenvalue weighted by Crippen LogP contribution is -2.16. The van der Waals surface area contributed by atoms with Gasteiger partial charge in [0.05, 0.1) is 24.2 Å². The fourth-order valence-electron chi connectivity index (χ4n) is 2.16. The Hall–Kier alpha value is -2.47. The van der Waals surface area contributed by atoms with Crippen molar-refractivity contribution in [3.05, 3.63) is 52.3 Å². The number of thiophene rings is 1. The van der Waals surface area contributed by atoms with E-state index in [1.165, 1.54) is 0 Å². The first kappa shape index (κ1) is 16.4. The van der Waals surface area contributed by atoms with Gasteiger partial charge in [-0.15, -0.1) is 11.3 Å². The summed E-state index contributed by atoms with van der Waals surface area (Å²) in [5, 5.41) is 5.23. The van der Waals surface area contributed by atoms with E-state index < -0.39 is 5.97 Å². The molecule has 0 saturated carbocycles. The molecule has 0 aliphatic rings. The minimum atomic E-state index is -0.448. The highest BCUT2D eigenvalue weighted by molar-refractivity contribution is 7.09. The van der Waals surface area contributed by atoms with Crippen molar-refractivity contribution in [1.29, 1.82) is 0 Å². The molecule has 3 aromatic rings. The van der Waals surface area contributed by atoms with Crippen LogP contribution in [0.4, 0.5) is 5.82 Å². The molecule has 124 valence electrons.